The summed E-state index contributed by atoms with van der Waals surface area (Å²) in [5.41, 5.74) is 10.6. The maximum atomic E-state index is 11.7. The SMILES string of the molecule is N#CC1=NCCN1C(=O)[C@@H](N)CCC(N)=O. The third-order valence-electron chi connectivity index (χ3n) is 2.23. The Balaban J connectivity index is 2.55. The van der Waals surface area contributed by atoms with Gasteiger partial charge in [0.2, 0.25) is 17.6 Å². The lowest BCUT2D eigenvalue weighted by atomic mass is 10.1. The first-order valence-corrected chi connectivity index (χ1v) is 4.86. The van der Waals surface area contributed by atoms with E-state index >= 15 is 0 Å². The summed E-state index contributed by atoms with van der Waals surface area (Å²) >= 11 is 0. The topological polar surface area (TPSA) is 126 Å². The highest BCUT2D eigenvalue weighted by molar-refractivity contribution is 6.08. The van der Waals surface area contributed by atoms with Crippen LogP contribution < -0.4 is 11.5 Å². The van der Waals surface area contributed by atoms with E-state index in [-0.39, 0.29) is 24.6 Å². The van der Waals surface area contributed by atoms with Crippen LogP contribution in [0.2, 0.25) is 0 Å². The molecule has 0 unspecified atom stereocenters. The summed E-state index contributed by atoms with van der Waals surface area (Å²) in [6.07, 6.45) is 0.239. The van der Waals surface area contributed by atoms with Gasteiger partial charge in [-0.3, -0.25) is 19.5 Å². The summed E-state index contributed by atoms with van der Waals surface area (Å²) in [6.45, 7) is 0.781. The van der Waals surface area contributed by atoms with E-state index in [9.17, 15) is 9.59 Å². The van der Waals surface area contributed by atoms with Gasteiger partial charge < -0.3 is 11.5 Å². The van der Waals surface area contributed by atoms with E-state index in [1.165, 1.54) is 4.90 Å². The molecule has 1 rings (SSSR count). The minimum atomic E-state index is -0.816. The molecule has 16 heavy (non-hydrogen) atoms. The van der Waals surface area contributed by atoms with Crippen LogP contribution in [0.4, 0.5) is 0 Å². The fourth-order valence-electron chi connectivity index (χ4n) is 1.38. The number of hydrogen-bond acceptors (Lipinski definition) is 5. The summed E-state index contributed by atoms with van der Waals surface area (Å²) < 4.78 is 0. The molecule has 0 fully saturated rings. The van der Waals surface area contributed by atoms with Gasteiger partial charge in [0.25, 0.3) is 0 Å². The molecule has 0 aromatic heterocycles. The average Bonchev–Trinajstić information content (AvgIpc) is 2.72. The lowest BCUT2D eigenvalue weighted by Gasteiger charge is -2.18. The van der Waals surface area contributed by atoms with Crippen molar-refractivity contribution in [3.63, 3.8) is 0 Å². The standard InChI is InChI=1S/C9H13N5O2/c10-5-8-13-3-4-14(8)9(16)6(11)1-2-7(12)15/h6H,1-4,11H2,(H2,12,15)/t6-/m0/s1. The van der Waals surface area contributed by atoms with Crippen LogP contribution in [-0.4, -0.2) is 41.7 Å². The van der Waals surface area contributed by atoms with Gasteiger partial charge in [0, 0.05) is 13.0 Å². The number of nitrogens with two attached hydrogens (primary N) is 2. The number of amides is 2. The zero-order valence-electron chi connectivity index (χ0n) is 8.72. The van der Waals surface area contributed by atoms with Gasteiger partial charge in [-0.2, -0.15) is 5.26 Å². The molecule has 4 N–H and O–H groups in total. The predicted molar refractivity (Wildman–Crippen MR) is 56.0 cm³/mol. The molecule has 2 amide bonds. The molecule has 1 aliphatic heterocycles. The van der Waals surface area contributed by atoms with Crippen LogP contribution in [0.3, 0.4) is 0 Å². The number of primary amides is 1. The van der Waals surface area contributed by atoms with Crippen LogP contribution >= 0.6 is 0 Å². The molecular formula is C9H13N5O2. The molecule has 0 aromatic carbocycles. The predicted octanol–water partition coefficient (Wildman–Crippen LogP) is -1.66. The summed E-state index contributed by atoms with van der Waals surface area (Å²) in [4.78, 5) is 27.4. The van der Waals surface area contributed by atoms with Crippen molar-refractivity contribution in [3.8, 4) is 6.07 Å². The van der Waals surface area contributed by atoms with Crippen LogP contribution in [0.5, 0.6) is 0 Å². The quantitative estimate of drug-likeness (QED) is 0.591. The van der Waals surface area contributed by atoms with E-state index in [4.69, 9.17) is 16.7 Å². The molecule has 0 saturated heterocycles. The maximum Gasteiger partial charge on any atom is 0.245 e. The Bertz CT molecular complexity index is 371. The molecule has 0 aliphatic carbocycles. The largest absolute Gasteiger partial charge is 0.370 e. The summed E-state index contributed by atoms with van der Waals surface area (Å²) in [5.74, 6) is -0.808. The van der Waals surface area contributed by atoms with E-state index < -0.39 is 11.9 Å². The smallest absolute Gasteiger partial charge is 0.245 e. The summed E-state index contributed by atoms with van der Waals surface area (Å²) in [6, 6.07) is 1.01. The summed E-state index contributed by atoms with van der Waals surface area (Å²) in [7, 11) is 0. The number of nitrogens with zero attached hydrogens (tertiary/aromatic N) is 3. The van der Waals surface area contributed by atoms with E-state index in [2.05, 4.69) is 4.99 Å². The Hall–Kier alpha value is -1.94. The van der Waals surface area contributed by atoms with Crippen molar-refractivity contribution in [3.05, 3.63) is 0 Å². The molecule has 0 aromatic rings. The Morgan fingerprint density at radius 1 is 1.62 bits per heavy atom. The van der Waals surface area contributed by atoms with Crippen molar-refractivity contribution in [1.82, 2.24) is 4.90 Å². The number of nitriles is 1. The Labute approximate surface area is 92.7 Å². The van der Waals surface area contributed by atoms with Gasteiger partial charge in [-0.25, -0.2) is 0 Å². The first-order valence-electron chi connectivity index (χ1n) is 4.86. The van der Waals surface area contributed by atoms with Crippen LogP contribution in [0.15, 0.2) is 4.99 Å². The minimum Gasteiger partial charge on any atom is -0.370 e. The number of carbonyl (C=O) groups excluding carboxylic acids is 2. The second kappa shape index (κ2) is 5.23. The van der Waals surface area contributed by atoms with E-state index in [0.29, 0.717) is 13.1 Å². The van der Waals surface area contributed by atoms with Crippen molar-refractivity contribution in [2.24, 2.45) is 16.5 Å². The molecule has 7 heteroatoms. The van der Waals surface area contributed by atoms with Gasteiger partial charge in [0.05, 0.1) is 12.6 Å². The molecule has 1 aliphatic rings. The maximum absolute atomic E-state index is 11.7. The molecule has 86 valence electrons. The first kappa shape index (κ1) is 12.1. The fraction of sp³-hybridized carbons (Fsp3) is 0.556. The summed E-state index contributed by atoms with van der Waals surface area (Å²) in [5, 5.41) is 8.70. The number of carbonyl (C=O) groups is 2. The van der Waals surface area contributed by atoms with Crippen molar-refractivity contribution >= 4 is 17.6 Å². The molecule has 0 spiro atoms. The number of rotatable bonds is 4. The highest BCUT2D eigenvalue weighted by Gasteiger charge is 2.27. The van der Waals surface area contributed by atoms with Crippen LogP contribution in [0, 0.1) is 11.3 Å². The number of amidine groups is 1. The lowest BCUT2D eigenvalue weighted by Crippen LogP contribution is -2.45. The highest BCUT2D eigenvalue weighted by atomic mass is 16.2. The number of hydrogen-bond donors (Lipinski definition) is 2. The van der Waals surface area contributed by atoms with Gasteiger partial charge in [0.15, 0.2) is 0 Å². The van der Waals surface area contributed by atoms with Gasteiger partial charge in [0.1, 0.15) is 6.07 Å². The van der Waals surface area contributed by atoms with Gasteiger partial charge in [-0.1, -0.05) is 0 Å². The average molecular weight is 223 g/mol. The third-order valence-corrected chi connectivity index (χ3v) is 2.23. The monoisotopic (exact) mass is 223 g/mol. The normalized spacial score (nSPS) is 16.5. The van der Waals surface area contributed by atoms with Crippen LogP contribution in [0.25, 0.3) is 0 Å². The molecular weight excluding hydrogens is 210 g/mol. The Morgan fingerprint density at radius 3 is 2.88 bits per heavy atom. The molecule has 0 saturated carbocycles. The minimum absolute atomic E-state index is 0.0553. The zero-order chi connectivity index (χ0) is 12.1. The Kier molecular flexibility index (Phi) is 3.96. The van der Waals surface area contributed by atoms with Crippen molar-refractivity contribution in [2.45, 2.75) is 18.9 Å². The van der Waals surface area contributed by atoms with E-state index in [0.717, 1.165) is 0 Å². The van der Waals surface area contributed by atoms with Crippen LogP contribution in [0.1, 0.15) is 12.8 Å². The first-order chi connectivity index (χ1) is 7.56. The Morgan fingerprint density at radius 2 is 2.31 bits per heavy atom. The molecule has 1 atom stereocenters. The second-order valence-electron chi connectivity index (χ2n) is 3.42. The second-order valence-corrected chi connectivity index (χ2v) is 3.42. The molecule has 0 bridgehead atoms. The molecule has 0 radical (unpaired) electrons. The fourth-order valence-corrected chi connectivity index (χ4v) is 1.38. The number of aliphatic imine (C=N–C) groups is 1. The van der Waals surface area contributed by atoms with E-state index in [1.54, 1.807) is 0 Å². The lowest BCUT2D eigenvalue weighted by molar-refractivity contribution is -0.128. The van der Waals surface area contributed by atoms with Crippen molar-refractivity contribution in [1.29, 1.82) is 5.26 Å². The van der Waals surface area contributed by atoms with Gasteiger partial charge >= 0.3 is 0 Å². The van der Waals surface area contributed by atoms with Crippen molar-refractivity contribution < 1.29 is 9.59 Å². The third kappa shape index (κ3) is 2.77. The van der Waals surface area contributed by atoms with Crippen molar-refractivity contribution in [2.75, 3.05) is 13.1 Å². The van der Waals surface area contributed by atoms with Crippen LogP contribution in [-0.2, 0) is 9.59 Å². The molecule has 1 heterocycles. The van der Waals surface area contributed by atoms with E-state index in [1.807, 2.05) is 6.07 Å². The molecule has 7 nitrogen and oxygen atoms in total. The highest BCUT2D eigenvalue weighted by Crippen LogP contribution is 2.06. The van der Waals surface area contributed by atoms with Gasteiger partial charge in [-0.05, 0) is 6.42 Å². The zero-order valence-corrected chi connectivity index (χ0v) is 8.72. The van der Waals surface area contributed by atoms with Gasteiger partial charge in [-0.15, -0.1) is 0 Å².